The molecule has 0 fully saturated rings. The van der Waals surface area contributed by atoms with Crippen LogP contribution in [0.4, 0.5) is 0 Å². The molecule has 96 valence electrons. The van der Waals surface area contributed by atoms with Crippen LogP contribution in [0.5, 0.6) is 5.75 Å². The van der Waals surface area contributed by atoms with Gasteiger partial charge in [-0.3, -0.25) is 0 Å². The molecule has 0 amide bonds. The molecule has 0 saturated heterocycles. The second kappa shape index (κ2) is 6.06. The van der Waals surface area contributed by atoms with Gasteiger partial charge in [0.05, 0.1) is 12.7 Å². The summed E-state index contributed by atoms with van der Waals surface area (Å²) >= 11 is 0. The molecular formula is C15H24O2. The largest absolute Gasteiger partial charge is 0.497 e. The molecule has 2 nitrogen and oxygen atoms in total. The first-order valence-corrected chi connectivity index (χ1v) is 6.38. The standard InChI is InChI=1S/C15H24O2/c1-5-13(6-2)15(3,16)11-12-7-9-14(17-4)10-8-12/h7-10,13,16H,5-6,11H2,1-4H3. The fourth-order valence-corrected chi connectivity index (χ4v) is 2.47. The van der Waals surface area contributed by atoms with Crippen LogP contribution < -0.4 is 4.74 Å². The molecule has 1 rings (SSSR count). The van der Waals surface area contributed by atoms with Gasteiger partial charge in [-0.25, -0.2) is 0 Å². The average Bonchev–Trinajstić information content (AvgIpc) is 2.30. The van der Waals surface area contributed by atoms with E-state index >= 15 is 0 Å². The van der Waals surface area contributed by atoms with Gasteiger partial charge >= 0.3 is 0 Å². The van der Waals surface area contributed by atoms with Gasteiger partial charge in [0.1, 0.15) is 5.75 Å². The molecule has 17 heavy (non-hydrogen) atoms. The van der Waals surface area contributed by atoms with Crippen LogP contribution in [0.3, 0.4) is 0 Å². The Morgan fingerprint density at radius 2 is 1.71 bits per heavy atom. The maximum Gasteiger partial charge on any atom is 0.118 e. The molecular weight excluding hydrogens is 212 g/mol. The highest BCUT2D eigenvalue weighted by Gasteiger charge is 2.29. The minimum atomic E-state index is -0.627. The topological polar surface area (TPSA) is 29.5 Å². The van der Waals surface area contributed by atoms with Gasteiger partial charge in [-0.05, 0) is 30.5 Å². The molecule has 2 heteroatoms. The molecule has 0 heterocycles. The van der Waals surface area contributed by atoms with E-state index in [9.17, 15) is 5.11 Å². The zero-order valence-electron chi connectivity index (χ0n) is 11.4. The third kappa shape index (κ3) is 3.74. The van der Waals surface area contributed by atoms with Crippen molar-refractivity contribution in [3.8, 4) is 5.75 Å². The molecule has 0 aromatic heterocycles. The second-order valence-corrected chi connectivity index (χ2v) is 4.90. The molecule has 0 aliphatic heterocycles. The van der Waals surface area contributed by atoms with Gasteiger partial charge in [-0.2, -0.15) is 0 Å². The van der Waals surface area contributed by atoms with Crippen LogP contribution in [0, 0.1) is 5.92 Å². The summed E-state index contributed by atoms with van der Waals surface area (Å²) in [6.07, 6.45) is 2.72. The SMILES string of the molecule is CCC(CC)C(C)(O)Cc1ccc(OC)cc1. The van der Waals surface area contributed by atoms with Crippen LogP contribution in [-0.2, 0) is 6.42 Å². The van der Waals surface area contributed by atoms with Gasteiger partial charge < -0.3 is 9.84 Å². The van der Waals surface area contributed by atoms with Crippen LogP contribution in [0.25, 0.3) is 0 Å². The molecule has 1 aromatic rings. The van der Waals surface area contributed by atoms with Crippen molar-refractivity contribution in [3.05, 3.63) is 29.8 Å². The lowest BCUT2D eigenvalue weighted by molar-refractivity contribution is -0.00411. The Labute approximate surface area is 105 Å². The number of rotatable bonds is 6. The molecule has 0 bridgehead atoms. The Kier molecular flexibility index (Phi) is 5.01. The van der Waals surface area contributed by atoms with Crippen molar-refractivity contribution in [2.24, 2.45) is 5.92 Å². The van der Waals surface area contributed by atoms with Gasteiger partial charge in [-0.1, -0.05) is 38.8 Å². The molecule has 1 atom stereocenters. The van der Waals surface area contributed by atoms with Crippen LogP contribution in [-0.4, -0.2) is 17.8 Å². The molecule has 0 saturated carbocycles. The van der Waals surface area contributed by atoms with Crippen LogP contribution in [0.1, 0.15) is 39.2 Å². The minimum absolute atomic E-state index is 0.351. The lowest BCUT2D eigenvalue weighted by Gasteiger charge is -2.32. The van der Waals surface area contributed by atoms with Gasteiger partial charge in [-0.15, -0.1) is 0 Å². The summed E-state index contributed by atoms with van der Waals surface area (Å²) in [6.45, 7) is 6.21. The summed E-state index contributed by atoms with van der Waals surface area (Å²) in [6, 6.07) is 7.93. The molecule has 1 N–H and O–H groups in total. The first-order chi connectivity index (χ1) is 8.03. The van der Waals surface area contributed by atoms with Crippen LogP contribution in [0.15, 0.2) is 24.3 Å². The summed E-state index contributed by atoms with van der Waals surface area (Å²) in [4.78, 5) is 0. The van der Waals surface area contributed by atoms with E-state index in [-0.39, 0.29) is 0 Å². The highest BCUT2D eigenvalue weighted by molar-refractivity contribution is 5.28. The van der Waals surface area contributed by atoms with E-state index in [0.717, 1.165) is 24.2 Å². The van der Waals surface area contributed by atoms with E-state index in [0.29, 0.717) is 12.3 Å². The van der Waals surface area contributed by atoms with E-state index in [1.807, 2.05) is 31.2 Å². The van der Waals surface area contributed by atoms with Crippen molar-refractivity contribution in [3.63, 3.8) is 0 Å². The number of methoxy groups -OCH3 is 1. The fourth-order valence-electron chi connectivity index (χ4n) is 2.47. The Hall–Kier alpha value is -1.02. The predicted molar refractivity (Wildman–Crippen MR) is 71.4 cm³/mol. The molecule has 0 spiro atoms. The Morgan fingerprint density at radius 3 is 2.12 bits per heavy atom. The lowest BCUT2D eigenvalue weighted by Crippen LogP contribution is -2.36. The summed E-state index contributed by atoms with van der Waals surface area (Å²) in [5, 5.41) is 10.5. The first kappa shape index (κ1) is 14.0. The average molecular weight is 236 g/mol. The van der Waals surface area contributed by atoms with Gasteiger partial charge in [0.2, 0.25) is 0 Å². The zero-order valence-corrected chi connectivity index (χ0v) is 11.4. The number of ether oxygens (including phenoxy) is 1. The third-order valence-corrected chi connectivity index (χ3v) is 3.59. The zero-order chi connectivity index (χ0) is 12.9. The van der Waals surface area contributed by atoms with Crippen molar-refractivity contribution in [1.29, 1.82) is 0 Å². The molecule has 0 aliphatic carbocycles. The van der Waals surface area contributed by atoms with E-state index in [1.165, 1.54) is 0 Å². The Morgan fingerprint density at radius 1 is 1.18 bits per heavy atom. The summed E-state index contributed by atoms with van der Waals surface area (Å²) in [7, 11) is 1.66. The highest BCUT2D eigenvalue weighted by atomic mass is 16.5. The van der Waals surface area contributed by atoms with Crippen LogP contribution >= 0.6 is 0 Å². The van der Waals surface area contributed by atoms with Crippen molar-refractivity contribution in [1.82, 2.24) is 0 Å². The predicted octanol–water partition coefficient (Wildman–Crippen LogP) is 3.42. The maximum absolute atomic E-state index is 10.5. The van der Waals surface area contributed by atoms with E-state index in [1.54, 1.807) is 7.11 Å². The van der Waals surface area contributed by atoms with Gasteiger partial charge in [0.25, 0.3) is 0 Å². The molecule has 0 aliphatic rings. The molecule has 0 radical (unpaired) electrons. The fraction of sp³-hybridized carbons (Fsp3) is 0.600. The van der Waals surface area contributed by atoms with E-state index in [2.05, 4.69) is 13.8 Å². The first-order valence-electron chi connectivity index (χ1n) is 6.38. The van der Waals surface area contributed by atoms with Gasteiger partial charge in [0, 0.05) is 6.42 Å². The summed E-state index contributed by atoms with van der Waals surface area (Å²) in [5.41, 5.74) is 0.528. The van der Waals surface area contributed by atoms with Crippen molar-refractivity contribution >= 4 is 0 Å². The Bertz CT molecular complexity index is 323. The normalized spacial score (nSPS) is 14.7. The smallest absolute Gasteiger partial charge is 0.118 e. The van der Waals surface area contributed by atoms with Crippen molar-refractivity contribution in [2.75, 3.05) is 7.11 Å². The molecule has 1 unspecified atom stereocenters. The maximum atomic E-state index is 10.5. The van der Waals surface area contributed by atoms with Crippen LogP contribution in [0.2, 0.25) is 0 Å². The number of aliphatic hydroxyl groups is 1. The number of hydrogen-bond donors (Lipinski definition) is 1. The number of benzene rings is 1. The summed E-state index contributed by atoms with van der Waals surface area (Å²) < 4.78 is 5.13. The molecule has 1 aromatic carbocycles. The summed E-state index contributed by atoms with van der Waals surface area (Å²) in [5.74, 6) is 1.21. The third-order valence-electron chi connectivity index (χ3n) is 3.59. The van der Waals surface area contributed by atoms with E-state index in [4.69, 9.17) is 4.74 Å². The van der Waals surface area contributed by atoms with Crippen molar-refractivity contribution < 1.29 is 9.84 Å². The lowest BCUT2D eigenvalue weighted by atomic mass is 9.80. The monoisotopic (exact) mass is 236 g/mol. The minimum Gasteiger partial charge on any atom is -0.497 e. The van der Waals surface area contributed by atoms with Gasteiger partial charge in [0.15, 0.2) is 0 Å². The quantitative estimate of drug-likeness (QED) is 0.820. The van der Waals surface area contributed by atoms with Crippen molar-refractivity contribution in [2.45, 2.75) is 45.6 Å². The highest BCUT2D eigenvalue weighted by Crippen LogP contribution is 2.28. The second-order valence-electron chi connectivity index (χ2n) is 4.90. The number of hydrogen-bond acceptors (Lipinski definition) is 2. The van der Waals surface area contributed by atoms with E-state index < -0.39 is 5.60 Å². The Balaban J connectivity index is 2.74.